The van der Waals surface area contributed by atoms with Gasteiger partial charge in [-0.2, -0.15) is 0 Å². The summed E-state index contributed by atoms with van der Waals surface area (Å²) in [6.45, 7) is 5.52. The third-order valence-corrected chi connectivity index (χ3v) is 3.27. The minimum atomic E-state index is -0.294. The molecule has 3 nitrogen and oxygen atoms in total. The first-order valence-electron chi connectivity index (χ1n) is 6.40. The Morgan fingerprint density at radius 1 is 1.53 bits per heavy atom. The first-order chi connectivity index (χ1) is 9.08. The Balaban J connectivity index is 2.13. The summed E-state index contributed by atoms with van der Waals surface area (Å²) in [5.74, 6) is -0.338. The maximum absolute atomic E-state index is 13.1. The maximum atomic E-state index is 13.1. The fourth-order valence-electron chi connectivity index (χ4n) is 2.14. The number of hydrogen-bond donors (Lipinski definition) is 0. The monoisotopic (exact) mass is 263 g/mol. The molecule has 0 saturated carbocycles. The summed E-state index contributed by atoms with van der Waals surface area (Å²) in [6.07, 6.45) is 1.57. The zero-order valence-corrected chi connectivity index (χ0v) is 11.2. The van der Waals surface area contributed by atoms with Gasteiger partial charge in [-0.3, -0.25) is 4.79 Å². The number of carbonyl (C=O) groups excluding carboxylic acids is 1. The van der Waals surface area contributed by atoms with Crippen LogP contribution >= 0.6 is 0 Å². The van der Waals surface area contributed by atoms with Gasteiger partial charge < -0.3 is 9.64 Å². The van der Waals surface area contributed by atoms with Crippen LogP contribution in [-0.2, 0) is 9.53 Å². The van der Waals surface area contributed by atoms with E-state index < -0.39 is 0 Å². The number of benzene rings is 1. The standard InChI is InChI=1S/C15H18FNO2/c1-11(13-4-3-5-14(16)9-13)8-15(18)17-6-7-19-10-12(17)2/h3-5,8-9,12H,6-7,10H2,1-2H3/b11-8+. The predicted molar refractivity (Wildman–Crippen MR) is 72.0 cm³/mol. The summed E-state index contributed by atoms with van der Waals surface area (Å²) in [6, 6.07) is 6.34. The third kappa shape index (κ3) is 3.41. The Hall–Kier alpha value is -1.68. The average molecular weight is 263 g/mol. The molecule has 1 amide bonds. The van der Waals surface area contributed by atoms with Crippen LogP contribution in [0.2, 0.25) is 0 Å². The molecule has 0 aromatic heterocycles. The summed E-state index contributed by atoms with van der Waals surface area (Å²) < 4.78 is 18.4. The van der Waals surface area contributed by atoms with Crippen LogP contribution in [0.3, 0.4) is 0 Å². The third-order valence-electron chi connectivity index (χ3n) is 3.27. The van der Waals surface area contributed by atoms with Crippen molar-refractivity contribution in [1.29, 1.82) is 0 Å². The van der Waals surface area contributed by atoms with Gasteiger partial charge in [0.25, 0.3) is 0 Å². The van der Waals surface area contributed by atoms with Crippen molar-refractivity contribution in [1.82, 2.24) is 4.90 Å². The largest absolute Gasteiger partial charge is 0.377 e. The van der Waals surface area contributed by atoms with Gasteiger partial charge in [-0.25, -0.2) is 4.39 Å². The molecule has 1 aromatic rings. The molecular formula is C15H18FNO2. The summed E-state index contributed by atoms with van der Waals surface area (Å²) in [5, 5.41) is 0. The van der Waals surface area contributed by atoms with Crippen LogP contribution in [0.25, 0.3) is 5.57 Å². The lowest BCUT2D eigenvalue weighted by molar-refractivity contribution is -0.133. The highest BCUT2D eigenvalue weighted by atomic mass is 19.1. The van der Waals surface area contributed by atoms with E-state index in [2.05, 4.69) is 0 Å². The molecule has 19 heavy (non-hydrogen) atoms. The van der Waals surface area contributed by atoms with Crippen LogP contribution < -0.4 is 0 Å². The number of halogens is 1. The summed E-state index contributed by atoms with van der Waals surface area (Å²) >= 11 is 0. The summed E-state index contributed by atoms with van der Waals surface area (Å²) in [4.78, 5) is 14.0. The first kappa shape index (κ1) is 13.7. The molecule has 1 unspecified atom stereocenters. The summed E-state index contributed by atoms with van der Waals surface area (Å²) in [5.41, 5.74) is 1.50. The van der Waals surface area contributed by atoms with Gasteiger partial charge in [-0.05, 0) is 37.1 Å². The number of rotatable bonds is 2. The van der Waals surface area contributed by atoms with Gasteiger partial charge in [0, 0.05) is 12.6 Å². The van der Waals surface area contributed by atoms with Crippen LogP contribution in [-0.4, -0.2) is 36.6 Å². The molecule has 1 atom stereocenters. The van der Waals surface area contributed by atoms with E-state index in [1.165, 1.54) is 12.1 Å². The smallest absolute Gasteiger partial charge is 0.247 e. The molecule has 0 radical (unpaired) electrons. The second kappa shape index (κ2) is 5.97. The molecule has 0 spiro atoms. The Morgan fingerprint density at radius 3 is 3.00 bits per heavy atom. The number of hydrogen-bond acceptors (Lipinski definition) is 2. The number of nitrogens with zero attached hydrogens (tertiary/aromatic N) is 1. The first-order valence-corrected chi connectivity index (χ1v) is 6.40. The lowest BCUT2D eigenvalue weighted by Crippen LogP contribution is -2.46. The molecular weight excluding hydrogens is 245 g/mol. The van der Waals surface area contributed by atoms with Gasteiger partial charge >= 0.3 is 0 Å². The van der Waals surface area contributed by atoms with Crippen molar-refractivity contribution < 1.29 is 13.9 Å². The highest BCUT2D eigenvalue weighted by Crippen LogP contribution is 2.16. The van der Waals surface area contributed by atoms with E-state index in [0.29, 0.717) is 19.8 Å². The minimum Gasteiger partial charge on any atom is -0.377 e. The van der Waals surface area contributed by atoms with Crippen LogP contribution in [0, 0.1) is 5.82 Å². The van der Waals surface area contributed by atoms with Crippen molar-refractivity contribution in [2.24, 2.45) is 0 Å². The fourth-order valence-corrected chi connectivity index (χ4v) is 2.14. The van der Waals surface area contributed by atoms with Crippen molar-refractivity contribution >= 4 is 11.5 Å². The minimum absolute atomic E-state index is 0.0439. The van der Waals surface area contributed by atoms with E-state index in [-0.39, 0.29) is 17.8 Å². The van der Waals surface area contributed by atoms with Crippen molar-refractivity contribution in [3.63, 3.8) is 0 Å². The topological polar surface area (TPSA) is 29.5 Å². The lowest BCUT2D eigenvalue weighted by Gasteiger charge is -2.32. The SMILES string of the molecule is C/C(=C\C(=O)N1CCOCC1C)c1cccc(F)c1. The quantitative estimate of drug-likeness (QED) is 0.767. The van der Waals surface area contributed by atoms with Gasteiger partial charge in [0.1, 0.15) is 5.82 Å². The fraction of sp³-hybridized carbons (Fsp3) is 0.400. The highest BCUT2D eigenvalue weighted by molar-refractivity contribution is 5.95. The zero-order valence-electron chi connectivity index (χ0n) is 11.2. The van der Waals surface area contributed by atoms with Gasteiger partial charge in [0.2, 0.25) is 5.91 Å². The lowest BCUT2D eigenvalue weighted by atomic mass is 10.1. The van der Waals surface area contributed by atoms with Crippen LogP contribution in [0.4, 0.5) is 4.39 Å². The number of allylic oxidation sites excluding steroid dienone is 1. The van der Waals surface area contributed by atoms with E-state index in [0.717, 1.165) is 11.1 Å². The van der Waals surface area contributed by atoms with Gasteiger partial charge in [0.05, 0.1) is 19.3 Å². The molecule has 1 fully saturated rings. The molecule has 1 aliphatic heterocycles. The molecule has 102 valence electrons. The maximum Gasteiger partial charge on any atom is 0.247 e. The number of carbonyl (C=O) groups is 1. The van der Waals surface area contributed by atoms with Crippen molar-refractivity contribution in [2.45, 2.75) is 19.9 Å². The molecule has 0 bridgehead atoms. The Kier molecular flexibility index (Phi) is 4.32. The molecule has 0 N–H and O–H groups in total. The second-order valence-electron chi connectivity index (χ2n) is 4.79. The molecule has 1 aliphatic rings. The average Bonchev–Trinajstić information content (AvgIpc) is 2.39. The van der Waals surface area contributed by atoms with Crippen LogP contribution in [0.15, 0.2) is 30.3 Å². The van der Waals surface area contributed by atoms with E-state index in [4.69, 9.17) is 4.74 Å². The van der Waals surface area contributed by atoms with Gasteiger partial charge in [-0.15, -0.1) is 0 Å². The molecule has 1 saturated heterocycles. The van der Waals surface area contributed by atoms with Gasteiger partial charge in [0.15, 0.2) is 0 Å². The highest BCUT2D eigenvalue weighted by Gasteiger charge is 2.22. The molecule has 4 heteroatoms. The number of amides is 1. The Bertz CT molecular complexity index is 499. The predicted octanol–water partition coefficient (Wildman–Crippen LogP) is 2.48. The van der Waals surface area contributed by atoms with Crippen molar-refractivity contribution in [2.75, 3.05) is 19.8 Å². The normalized spacial score (nSPS) is 20.5. The molecule has 1 aromatic carbocycles. The Labute approximate surface area is 112 Å². The molecule has 1 heterocycles. The van der Waals surface area contributed by atoms with E-state index in [1.54, 1.807) is 23.1 Å². The van der Waals surface area contributed by atoms with Crippen molar-refractivity contribution in [3.8, 4) is 0 Å². The Morgan fingerprint density at radius 2 is 2.32 bits per heavy atom. The van der Waals surface area contributed by atoms with E-state index >= 15 is 0 Å². The second-order valence-corrected chi connectivity index (χ2v) is 4.79. The summed E-state index contributed by atoms with van der Waals surface area (Å²) in [7, 11) is 0. The molecule has 0 aliphatic carbocycles. The van der Waals surface area contributed by atoms with Crippen LogP contribution in [0.5, 0.6) is 0 Å². The number of morpholine rings is 1. The van der Waals surface area contributed by atoms with Gasteiger partial charge in [-0.1, -0.05) is 12.1 Å². The van der Waals surface area contributed by atoms with E-state index in [1.807, 2.05) is 13.8 Å². The van der Waals surface area contributed by atoms with Crippen LogP contribution in [0.1, 0.15) is 19.4 Å². The zero-order chi connectivity index (χ0) is 13.8. The van der Waals surface area contributed by atoms with Crippen molar-refractivity contribution in [3.05, 3.63) is 41.7 Å². The number of ether oxygens (including phenoxy) is 1. The molecule has 2 rings (SSSR count). The van der Waals surface area contributed by atoms with E-state index in [9.17, 15) is 9.18 Å².